The summed E-state index contributed by atoms with van der Waals surface area (Å²) in [5, 5.41) is 0. The Morgan fingerprint density at radius 1 is 0.723 bits per heavy atom. The van der Waals surface area contributed by atoms with E-state index in [0.29, 0.717) is 17.2 Å². The van der Waals surface area contributed by atoms with Crippen LogP contribution in [0.2, 0.25) is 0 Å². The zero-order chi connectivity index (χ0) is 34.3. The number of hydrogen-bond donors (Lipinski definition) is 0. The van der Waals surface area contributed by atoms with Crippen LogP contribution in [0.5, 0.6) is 17.2 Å². The van der Waals surface area contributed by atoms with Crippen LogP contribution in [0.4, 0.5) is 0 Å². The molecule has 1 fully saturated rings. The number of rotatable bonds is 19. The Kier molecular flexibility index (Phi) is 19.5. The monoisotopic (exact) mass is 652 g/mol. The molecule has 1 aliphatic carbocycles. The second-order valence-corrected chi connectivity index (χ2v) is 11.4. The fourth-order valence-corrected chi connectivity index (χ4v) is 4.67. The maximum Gasteiger partial charge on any atom is 0.343 e. The topological polar surface area (TPSA) is 107 Å². The maximum absolute atomic E-state index is 12.7. The Morgan fingerprint density at radius 3 is 1.81 bits per heavy atom. The second kappa shape index (κ2) is 23.4. The Balaban J connectivity index is 0.000000984. The van der Waals surface area contributed by atoms with Crippen LogP contribution < -0.4 is 14.2 Å². The SMILES string of the molecule is C=CC(=O)Oc1ccc(C(=O)Oc2ccc(OC(=O)C3CCC(OCCCCCCOC(=C)C)CC3)cc2)cc1.CCCOCCC. The van der Waals surface area contributed by atoms with Crippen LogP contribution in [0.1, 0.15) is 95.3 Å². The summed E-state index contributed by atoms with van der Waals surface area (Å²) < 4.78 is 32.4. The van der Waals surface area contributed by atoms with Crippen molar-refractivity contribution in [3.63, 3.8) is 0 Å². The molecule has 0 N–H and O–H groups in total. The molecule has 9 nitrogen and oxygen atoms in total. The molecule has 9 heteroatoms. The van der Waals surface area contributed by atoms with E-state index in [0.717, 1.165) is 102 Å². The van der Waals surface area contributed by atoms with Gasteiger partial charge in [0, 0.05) is 25.9 Å². The number of unbranched alkanes of at least 4 members (excludes halogenated alkanes) is 3. The molecule has 0 radical (unpaired) electrons. The highest BCUT2D eigenvalue weighted by molar-refractivity contribution is 5.91. The minimum atomic E-state index is -0.586. The van der Waals surface area contributed by atoms with Gasteiger partial charge in [-0.3, -0.25) is 4.79 Å². The average molecular weight is 653 g/mol. The summed E-state index contributed by atoms with van der Waals surface area (Å²) in [6.45, 7) is 16.5. The zero-order valence-corrected chi connectivity index (χ0v) is 28.3. The fraction of sp³-hybridized carbons (Fsp3) is 0.500. The lowest BCUT2D eigenvalue weighted by atomic mass is 9.87. The lowest BCUT2D eigenvalue weighted by molar-refractivity contribution is -0.141. The van der Waals surface area contributed by atoms with Gasteiger partial charge in [-0.1, -0.05) is 33.4 Å². The second-order valence-electron chi connectivity index (χ2n) is 11.4. The number of benzene rings is 2. The summed E-state index contributed by atoms with van der Waals surface area (Å²) in [5.74, 6) is 0.193. The predicted octanol–water partition coefficient (Wildman–Crippen LogP) is 8.41. The minimum Gasteiger partial charge on any atom is -0.499 e. The van der Waals surface area contributed by atoms with Crippen molar-refractivity contribution in [1.29, 1.82) is 0 Å². The van der Waals surface area contributed by atoms with Crippen LogP contribution in [0.3, 0.4) is 0 Å². The summed E-state index contributed by atoms with van der Waals surface area (Å²) in [5.41, 5.74) is 0.290. The van der Waals surface area contributed by atoms with Crippen LogP contribution in [0, 0.1) is 5.92 Å². The van der Waals surface area contributed by atoms with Crippen LogP contribution in [0.25, 0.3) is 0 Å². The summed E-state index contributed by atoms with van der Waals surface area (Å²) in [4.78, 5) is 36.3. The molecule has 0 unspecified atom stereocenters. The first-order valence-corrected chi connectivity index (χ1v) is 16.7. The normalized spacial score (nSPS) is 15.4. The van der Waals surface area contributed by atoms with E-state index in [1.54, 1.807) is 24.3 Å². The summed E-state index contributed by atoms with van der Waals surface area (Å²) in [6, 6.07) is 12.3. The van der Waals surface area contributed by atoms with E-state index in [4.69, 9.17) is 28.4 Å². The molecule has 0 aromatic heterocycles. The van der Waals surface area contributed by atoms with Crippen molar-refractivity contribution >= 4 is 17.9 Å². The van der Waals surface area contributed by atoms with Crippen LogP contribution >= 0.6 is 0 Å². The van der Waals surface area contributed by atoms with Gasteiger partial charge in [0.25, 0.3) is 0 Å². The Hall–Kier alpha value is -3.95. The molecule has 258 valence electrons. The molecular formula is C38H52O9. The first-order valence-electron chi connectivity index (χ1n) is 16.7. The van der Waals surface area contributed by atoms with E-state index in [1.807, 2.05) is 6.92 Å². The number of allylic oxidation sites excluding steroid dienone is 1. The van der Waals surface area contributed by atoms with E-state index in [-0.39, 0.29) is 23.6 Å². The third kappa shape index (κ3) is 17.0. The molecule has 3 rings (SSSR count). The average Bonchev–Trinajstić information content (AvgIpc) is 3.07. The highest BCUT2D eigenvalue weighted by atomic mass is 16.5. The molecule has 0 heterocycles. The smallest absolute Gasteiger partial charge is 0.343 e. The van der Waals surface area contributed by atoms with Gasteiger partial charge in [0.05, 0.1) is 30.0 Å². The van der Waals surface area contributed by atoms with Gasteiger partial charge in [0.2, 0.25) is 0 Å². The number of carbonyl (C=O) groups is 3. The molecule has 1 aliphatic rings. The largest absolute Gasteiger partial charge is 0.499 e. The van der Waals surface area contributed by atoms with Crippen LogP contribution in [-0.4, -0.2) is 50.4 Å². The number of hydrogen-bond acceptors (Lipinski definition) is 9. The molecule has 0 amide bonds. The lowest BCUT2D eigenvalue weighted by Crippen LogP contribution is -2.29. The summed E-state index contributed by atoms with van der Waals surface area (Å²) >= 11 is 0. The summed E-state index contributed by atoms with van der Waals surface area (Å²) in [7, 11) is 0. The van der Waals surface area contributed by atoms with Gasteiger partial charge >= 0.3 is 17.9 Å². The van der Waals surface area contributed by atoms with Gasteiger partial charge in [-0.2, -0.15) is 0 Å². The molecule has 0 bridgehead atoms. The first kappa shape index (κ1) is 39.2. The van der Waals surface area contributed by atoms with Gasteiger partial charge in [0.1, 0.15) is 17.2 Å². The molecule has 47 heavy (non-hydrogen) atoms. The summed E-state index contributed by atoms with van der Waals surface area (Å²) in [6.07, 6.45) is 11.0. The van der Waals surface area contributed by atoms with Crippen molar-refractivity contribution in [3.05, 3.63) is 79.1 Å². The predicted molar refractivity (Wildman–Crippen MR) is 182 cm³/mol. The van der Waals surface area contributed by atoms with E-state index >= 15 is 0 Å². The van der Waals surface area contributed by atoms with Crippen molar-refractivity contribution in [2.45, 2.75) is 91.1 Å². The van der Waals surface area contributed by atoms with Gasteiger partial charge in [-0.05, 0) is 113 Å². The molecule has 0 spiro atoms. The number of esters is 3. The Morgan fingerprint density at radius 2 is 1.26 bits per heavy atom. The minimum absolute atomic E-state index is 0.153. The Bertz CT molecular complexity index is 1210. The number of ether oxygens (including phenoxy) is 6. The van der Waals surface area contributed by atoms with Gasteiger partial charge in [0.15, 0.2) is 0 Å². The third-order valence-electron chi connectivity index (χ3n) is 7.17. The molecule has 2 aromatic carbocycles. The lowest BCUT2D eigenvalue weighted by Gasteiger charge is -2.27. The Labute approximate surface area is 280 Å². The van der Waals surface area contributed by atoms with Crippen molar-refractivity contribution in [3.8, 4) is 17.2 Å². The quantitative estimate of drug-likeness (QED) is 0.0486. The molecule has 2 aromatic rings. The first-order chi connectivity index (χ1) is 22.7. The van der Waals surface area contributed by atoms with Gasteiger partial charge in [-0.15, -0.1) is 0 Å². The highest BCUT2D eigenvalue weighted by Gasteiger charge is 2.28. The zero-order valence-electron chi connectivity index (χ0n) is 28.3. The number of carbonyl (C=O) groups excluding carboxylic acids is 3. The molecule has 0 aliphatic heterocycles. The van der Waals surface area contributed by atoms with E-state index in [2.05, 4.69) is 27.0 Å². The fourth-order valence-electron chi connectivity index (χ4n) is 4.67. The van der Waals surface area contributed by atoms with Crippen molar-refractivity contribution in [1.82, 2.24) is 0 Å². The molecule has 0 saturated heterocycles. The maximum atomic E-state index is 12.7. The molecule has 0 atom stereocenters. The van der Waals surface area contributed by atoms with Crippen molar-refractivity contribution in [2.24, 2.45) is 5.92 Å². The van der Waals surface area contributed by atoms with Gasteiger partial charge in [-0.25, -0.2) is 9.59 Å². The highest BCUT2D eigenvalue weighted by Crippen LogP contribution is 2.29. The van der Waals surface area contributed by atoms with E-state index in [9.17, 15) is 14.4 Å². The van der Waals surface area contributed by atoms with Crippen molar-refractivity contribution < 1.29 is 42.8 Å². The van der Waals surface area contributed by atoms with E-state index < -0.39 is 11.9 Å². The molecule has 1 saturated carbocycles. The van der Waals surface area contributed by atoms with Gasteiger partial charge < -0.3 is 28.4 Å². The van der Waals surface area contributed by atoms with Crippen LogP contribution in [0.15, 0.2) is 73.5 Å². The van der Waals surface area contributed by atoms with Crippen molar-refractivity contribution in [2.75, 3.05) is 26.4 Å². The standard InChI is InChI=1S/C32H38O8.C6H14O/c1-4-30(33)38-27-15-11-25(12-16-27)32(35)40-29-19-17-28(18-20-29)39-31(34)24-9-13-26(14-10-24)37-22-8-6-5-7-21-36-23(2)3;1-3-5-7-6-4-2/h4,11-12,15-20,24,26H,1-2,5-10,13-14,21-22H2,3H3;3-6H2,1-2H3. The third-order valence-corrected chi connectivity index (χ3v) is 7.17. The van der Waals surface area contributed by atoms with Crippen LogP contribution in [-0.2, 0) is 23.8 Å². The van der Waals surface area contributed by atoms with E-state index in [1.165, 1.54) is 24.3 Å². The molecular weight excluding hydrogens is 600 g/mol.